The van der Waals surface area contributed by atoms with E-state index in [0.29, 0.717) is 13.2 Å². The lowest BCUT2D eigenvalue weighted by atomic mass is 10.0. The summed E-state index contributed by atoms with van der Waals surface area (Å²) in [5, 5.41) is -1.35. The van der Waals surface area contributed by atoms with E-state index in [0.717, 1.165) is 59.4 Å². The van der Waals surface area contributed by atoms with Gasteiger partial charge in [0.2, 0.25) is 0 Å². The minimum atomic E-state index is -1.05. The van der Waals surface area contributed by atoms with Gasteiger partial charge in [-0.15, -0.1) is 0 Å². The standard InChI is InChI=1S/C50H50O10/c1-3-5-7-9-11-13-31-55-37-23-15-33(16-24-37)35-19-27-39(28-20-35)57-45-41-43(49(53)59-47(41)51)46(44-42(45)48(52)60-50(44)54)58-40-29-21-36(22-30-40)34-17-25-38(26-18-34)56-32-14-12-10-8-6-4-2/h15-30H,3-14,31-32H2,1-2H3. The predicted octanol–water partition coefficient (Wildman–Crippen LogP) is 11.9. The molecule has 0 aliphatic rings. The molecule has 0 unspecified atom stereocenters. The number of benzene rings is 5. The van der Waals surface area contributed by atoms with Gasteiger partial charge in [-0.25, -0.2) is 19.2 Å². The van der Waals surface area contributed by atoms with Gasteiger partial charge in [0.15, 0.2) is 11.5 Å². The molecular weight excluding hydrogens is 761 g/mol. The van der Waals surface area contributed by atoms with Crippen LogP contribution in [0.2, 0.25) is 0 Å². The van der Waals surface area contributed by atoms with Crippen LogP contribution in [0.25, 0.3) is 43.8 Å². The highest BCUT2D eigenvalue weighted by atomic mass is 16.5. The van der Waals surface area contributed by atoms with Crippen LogP contribution in [0.15, 0.2) is 125 Å². The van der Waals surface area contributed by atoms with Gasteiger partial charge >= 0.3 is 22.5 Å². The number of hydrogen-bond donors (Lipinski definition) is 0. The Morgan fingerprint density at radius 2 is 0.617 bits per heavy atom. The van der Waals surface area contributed by atoms with Crippen molar-refractivity contribution in [2.75, 3.05) is 13.2 Å². The summed E-state index contributed by atoms with van der Waals surface area (Å²) in [4.78, 5) is 52.8. The number of ether oxygens (including phenoxy) is 4. The summed E-state index contributed by atoms with van der Waals surface area (Å²) in [6.45, 7) is 5.77. The van der Waals surface area contributed by atoms with E-state index in [4.69, 9.17) is 27.8 Å². The van der Waals surface area contributed by atoms with E-state index in [9.17, 15) is 19.2 Å². The highest BCUT2D eigenvalue weighted by Crippen LogP contribution is 2.42. The van der Waals surface area contributed by atoms with E-state index in [-0.39, 0.29) is 44.5 Å². The lowest BCUT2D eigenvalue weighted by Crippen LogP contribution is -2.03. The molecule has 2 aromatic heterocycles. The lowest BCUT2D eigenvalue weighted by Gasteiger charge is -2.12. The van der Waals surface area contributed by atoms with Crippen molar-refractivity contribution >= 4 is 21.5 Å². The summed E-state index contributed by atoms with van der Waals surface area (Å²) in [5.74, 6) is 1.42. The van der Waals surface area contributed by atoms with E-state index in [1.54, 1.807) is 24.3 Å². The molecular formula is C50H50O10. The van der Waals surface area contributed by atoms with Crippen LogP contribution < -0.4 is 41.4 Å². The summed E-state index contributed by atoms with van der Waals surface area (Å²) >= 11 is 0. The fraction of sp³-hybridized carbons (Fsp3) is 0.320. The Kier molecular flexibility index (Phi) is 13.9. The zero-order chi connectivity index (χ0) is 41.8. The van der Waals surface area contributed by atoms with E-state index >= 15 is 0 Å². The highest BCUT2D eigenvalue weighted by molar-refractivity contribution is 6.10. The molecule has 310 valence electrons. The molecule has 0 aliphatic carbocycles. The molecule has 7 aromatic rings. The normalized spacial score (nSPS) is 11.4. The average Bonchev–Trinajstić information content (AvgIpc) is 3.74. The van der Waals surface area contributed by atoms with Crippen LogP contribution in [-0.2, 0) is 0 Å². The van der Waals surface area contributed by atoms with Crippen LogP contribution in [0.4, 0.5) is 0 Å². The molecule has 60 heavy (non-hydrogen) atoms. The third kappa shape index (κ3) is 9.88. The maximum atomic E-state index is 13.2. The van der Waals surface area contributed by atoms with Crippen molar-refractivity contribution in [3.63, 3.8) is 0 Å². The second-order valence-electron chi connectivity index (χ2n) is 15.0. The second kappa shape index (κ2) is 20.0. The van der Waals surface area contributed by atoms with Gasteiger partial charge in [-0.2, -0.15) is 0 Å². The van der Waals surface area contributed by atoms with Crippen molar-refractivity contribution in [2.45, 2.75) is 90.9 Å². The Balaban J connectivity index is 1.06. The lowest BCUT2D eigenvalue weighted by molar-refractivity contribution is 0.304. The molecule has 0 fully saturated rings. The summed E-state index contributed by atoms with van der Waals surface area (Å²) < 4.78 is 34.1. The molecule has 0 spiro atoms. The molecule has 5 aromatic carbocycles. The van der Waals surface area contributed by atoms with Crippen LogP contribution in [0, 0.1) is 0 Å². The molecule has 7 rings (SSSR count). The van der Waals surface area contributed by atoms with Crippen molar-refractivity contribution in [1.29, 1.82) is 0 Å². The average molecular weight is 811 g/mol. The van der Waals surface area contributed by atoms with Gasteiger partial charge < -0.3 is 27.8 Å². The molecule has 0 N–H and O–H groups in total. The highest BCUT2D eigenvalue weighted by Gasteiger charge is 2.31. The number of furan rings is 2. The van der Waals surface area contributed by atoms with Crippen molar-refractivity contribution in [3.05, 3.63) is 139 Å². The maximum absolute atomic E-state index is 13.2. The van der Waals surface area contributed by atoms with E-state index in [2.05, 4.69) is 13.8 Å². The van der Waals surface area contributed by atoms with Gasteiger partial charge in [-0.1, -0.05) is 127 Å². The van der Waals surface area contributed by atoms with Gasteiger partial charge in [0.05, 0.1) is 13.2 Å². The monoisotopic (exact) mass is 810 g/mol. The van der Waals surface area contributed by atoms with Crippen molar-refractivity contribution in [1.82, 2.24) is 0 Å². The summed E-state index contributed by atoms with van der Waals surface area (Å²) in [6, 6.07) is 29.5. The minimum Gasteiger partial charge on any atom is -0.494 e. The van der Waals surface area contributed by atoms with Gasteiger partial charge in [-0.05, 0) is 83.6 Å². The number of rotatable bonds is 22. The topological polar surface area (TPSA) is 131 Å². The van der Waals surface area contributed by atoms with Crippen LogP contribution in [0.3, 0.4) is 0 Å². The molecule has 0 atom stereocenters. The Labute approximate surface area is 348 Å². The Hall–Kier alpha value is -6.42. The Morgan fingerprint density at radius 1 is 0.350 bits per heavy atom. The summed E-state index contributed by atoms with van der Waals surface area (Å²) in [5.41, 5.74) is -0.549. The first-order valence-corrected chi connectivity index (χ1v) is 21.1. The van der Waals surface area contributed by atoms with Gasteiger partial charge in [0.25, 0.3) is 0 Å². The zero-order valence-electron chi connectivity index (χ0n) is 34.2. The quantitative estimate of drug-likeness (QED) is 0.0609. The Morgan fingerprint density at radius 3 is 0.917 bits per heavy atom. The van der Waals surface area contributed by atoms with Crippen molar-refractivity contribution in [2.24, 2.45) is 0 Å². The fourth-order valence-electron chi connectivity index (χ4n) is 7.36. The number of hydrogen-bond acceptors (Lipinski definition) is 10. The smallest absolute Gasteiger partial charge is 0.350 e. The molecule has 0 saturated heterocycles. The largest absolute Gasteiger partial charge is 0.494 e. The van der Waals surface area contributed by atoms with E-state index < -0.39 is 22.5 Å². The molecule has 2 heterocycles. The van der Waals surface area contributed by atoms with Crippen LogP contribution in [0.1, 0.15) is 90.9 Å². The third-order valence-corrected chi connectivity index (χ3v) is 10.7. The zero-order valence-corrected chi connectivity index (χ0v) is 34.2. The first-order chi connectivity index (χ1) is 29.3. The third-order valence-electron chi connectivity index (χ3n) is 10.7. The molecule has 10 nitrogen and oxygen atoms in total. The second-order valence-corrected chi connectivity index (χ2v) is 15.0. The van der Waals surface area contributed by atoms with Crippen LogP contribution in [-0.4, -0.2) is 13.2 Å². The number of unbranched alkanes of at least 4 members (excludes halogenated alkanes) is 10. The molecule has 0 bridgehead atoms. The summed E-state index contributed by atoms with van der Waals surface area (Å²) in [7, 11) is 0. The first kappa shape index (κ1) is 41.7. The van der Waals surface area contributed by atoms with Gasteiger partial charge in [0.1, 0.15) is 44.5 Å². The van der Waals surface area contributed by atoms with E-state index in [1.807, 2.05) is 72.8 Å². The molecule has 0 amide bonds. The molecule has 0 saturated carbocycles. The van der Waals surface area contributed by atoms with Gasteiger partial charge in [0, 0.05) is 0 Å². The van der Waals surface area contributed by atoms with Crippen LogP contribution in [0.5, 0.6) is 34.5 Å². The Bertz CT molecular complexity index is 2420. The van der Waals surface area contributed by atoms with Gasteiger partial charge in [-0.3, -0.25) is 0 Å². The van der Waals surface area contributed by atoms with Crippen molar-refractivity contribution < 1.29 is 27.8 Å². The molecule has 0 aliphatic heterocycles. The predicted molar refractivity (Wildman–Crippen MR) is 235 cm³/mol. The van der Waals surface area contributed by atoms with E-state index in [1.165, 1.54) is 51.4 Å². The molecule has 0 radical (unpaired) electrons. The van der Waals surface area contributed by atoms with Crippen molar-refractivity contribution in [3.8, 4) is 56.8 Å². The molecule has 10 heteroatoms. The van der Waals surface area contributed by atoms with Crippen LogP contribution >= 0.6 is 0 Å². The minimum absolute atomic E-state index is 0.239. The first-order valence-electron chi connectivity index (χ1n) is 21.1. The number of fused-ring (bicyclic) bond motifs is 2. The fourth-order valence-corrected chi connectivity index (χ4v) is 7.36. The summed E-state index contributed by atoms with van der Waals surface area (Å²) in [6.07, 6.45) is 14.4. The maximum Gasteiger partial charge on any atom is 0.350 e. The SMILES string of the molecule is CCCCCCCCOc1ccc(-c2ccc(Oc3c4c(=O)oc(=O)c4c(Oc4ccc(-c5ccc(OCCCCCCCC)cc5)cc4)c4c(=O)oc(=O)c34)cc2)cc1.